The first-order valence-electron chi connectivity index (χ1n) is 8.12. The van der Waals surface area contributed by atoms with Gasteiger partial charge in [0.1, 0.15) is 10.7 Å². The van der Waals surface area contributed by atoms with Crippen molar-refractivity contribution in [3.63, 3.8) is 0 Å². The molecule has 1 saturated heterocycles. The Hall–Kier alpha value is -2.21. The second-order valence-electron chi connectivity index (χ2n) is 6.45. The zero-order chi connectivity index (χ0) is 18.4. The van der Waals surface area contributed by atoms with E-state index in [4.69, 9.17) is 0 Å². The van der Waals surface area contributed by atoms with Gasteiger partial charge in [-0.3, -0.25) is 4.79 Å². The summed E-state index contributed by atoms with van der Waals surface area (Å²) in [6.07, 6.45) is 0. The molecule has 0 saturated carbocycles. The summed E-state index contributed by atoms with van der Waals surface area (Å²) in [6.45, 7) is 5.52. The van der Waals surface area contributed by atoms with Crippen LogP contribution >= 0.6 is 0 Å². The standard InChI is InChI=1S/C19H20FNO3S/c1-4-21-17(14-11-9-13(2)10-12-14)19(3,18(21)22)25(23,24)16-8-6-5-7-15(16)20/h5-12,17H,4H2,1-3H3. The van der Waals surface area contributed by atoms with E-state index in [1.165, 1.54) is 30.0 Å². The summed E-state index contributed by atoms with van der Waals surface area (Å²) in [4.78, 5) is 13.8. The lowest BCUT2D eigenvalue weighted by Crippen LogP contribution is -2.70. The number of sulfone groups is 1. The number of halogens is 1. The van der Waals surface area contributed by atoms with Crippen molar-refractivity contribution in [3.8, 4) is 0 Å². The van der Waals surface area contributed by atoms with E-state index in [-0.39, 0.29) is 0 Å². The van der Waals surface area contributed by atoms with Gasteiger partial charge in [0.2, 0.25) is 5.91 Å². The Balaban J connectivity index is 2.16. The lowest BCUT2D eigenvalue weighted by Gasteiger charge is -2.53. The molecule has 1 amide bonds. The summed E-state index contributed by atoms with van der Waals surface area (Å²) in [5, 5.41) is 0. The third kappa shape index (κ3) is 2.39. The van der Waals surface area contributed by atoms with Crippen molar-refractivity contribution in [2.24, 2.45) is 0 Å². The van der Waals surface area contributed by atoms with E-state index in [0.29, 0.717) is 6.54 Å². The molecule has 0 N–H and O–H groups in total. The lowest BCUT2D eigenvalue weighted by atomic mass is 9.82. The number of nitrogens with zero attached hydrogens (tertiary/aromatic N) is 1. The van der Waals surface area contributed by atoms with Gasteiger partial charge in [-0.05, 0) is 38.5 Å². The predicted octanol–water partition coefficient (Wildman–Crippen LogP) is 3.27. The highest BCUT2D eigenvalue weighted by atomic mass is 32.2. The second-order valence-corrected chi connectivity index (χ2v) is 8.74. The quantitative estimate of drug-likeness (QED) is 0.786. The van der Waals surface area contributed by atoms with E-state index >= 15 is 0 Å². The Morgan fingerprint density at radius 3 is 2.28 bits per heavy atom. The maximum absolute atomic E-state index is 14.2. The number of benzene rings is 2. The SMILES string of the molecule is CCN1C(=O)C(C)(S(=O)(=O)c2ccccc2F)C1c1ccc(C)cc1. The Morgan fingerprint density at radius 2 is 1.72 bits per heavy atom. The summed E-state index contributed by atoms with van der Waals surface area (Å²) in [6, 6.07) is 12.0. The fourth-order valence-corrected chi connectivity index (χ4v) is 5.42. The number of carbonyl (C=O) groups excluding carboxylic acids is 1. The van der Waals surface area contributed by atoms with Crippen LogP contribution in [0.15, 0.2) is 53.4 Å². The number of likely N-dealkylation sites (tertiary alicyclic amines) is 1. The maximum Gasteiger partial charge on any atom is 0.247 e. The molecule has 2 aromatic rings. The van der Waals surface area contributed by atoms with Crippen LogP contribution in [0.25, 0.3) is 0 Å². The van der Waals surface area contributed by atoms with Crippen molar-refractivity contribution in [1.82, 2.24) is 4.90 Å². The molecule has 0 bridgehead atoms. The number of aryl methyl sites for hydroxylation is 1. The number of carbonyl (C=O) groups is 1. The van der Waals surface area contributed by atoms with Crippen molar-refractivity contribution >= 4 is 15.7 Å². The molecule has 1 heterocycles. The van der Waals surface area contributed by atoms with Gasteiger partial charge in [-0.1, -0.05) is 42.0 Å². The summed E-state index contributed by atoms with van der Waals surface area (Å²) >= 11 is 0. The van der Waals surface area contributed by atoms with Gasteiger partial charge >= 0.3 is 0 Å². The zero-order valence-electron chi connectivity index (χ0n) is 14.4. The molecule has 3 rings (SSSR count). The summed E-state index contributed by atoms with van der Waals surface area (Å²) in [5.74, 6) is -1.34. The number of hydrogen-bond acceptors (Lipinski definition) is 3. The highest BCUT2D eigenvalue weighted by molar-refractivity contribution is 7.93. The maximum atomic E-state index is 14.2. The minimum Gasteiger partial charge on any atom is -0.332 e. The normalized spacial score (nSPS) is 23.4. The first-order valence-corrected chi connectivity index (χ1v) is 9.60. The minimum absolute atomic E-state index is 0.389. The van der Waals surface area contributed by atoms with Crippen LogP contribution in [0, 0.1) is 12.7 Å². The Kier molecular flexibility index (Phi) is 4.19. The Labute approximate surface area is 147 Å². The molecule has 0 radical (unpaired) electrons. The molecule has 1 aliphatic rings. The number of rotatable bonds is 4. The average molecular weight is 361 g/mol. The molecule has 0 aromatic heterocycles. The van der Waals surface area contributed by atoms with E-state index in [1.54, 1.807) is 6.92 Å². The molecule has 25 heavy (non-hydrogen) atoms. The smallest absolute Gasteiger partial charge is 0.247 e. The van der Waals surface area contributed by atoms with E-state index in [2.05, 4.69) is 0 Å². The molecule has 0 aliphatic carbocycles. The van der Waals surface area contributed by atoms with E-state index in [1.807, 2.05) is 31.2 Å². The van der Waals surface area contributed by atoms with Gasteiger partial charge < -0.3 is 4.90 Å². The van der Waals surface area contributed by atoms with Crippen LogP contribution < -0.4 is 0 Å². The van der Waals surface area contributed by atoms with Crippen molar-refractivity contribution < 1.29 is 17.6 Å². The fraction of sp³-hybridized carbons (Fsp3) is 0.316. The highest BCUT2D eigenvalue weighted by Crippen LogP contribution is 2.50. The fourth-order valence-electron chi connectivity index (χ4n) is 3.48. The van der Waals surface area contributed by atoms with Crippen LogP contribution in [-0.2, 0) is 14.6 Å². The van der Waals surface area contributed by atoms with Gasteiger partial charge in [-0.15, -0.1) is 0 Å². The molecule has 6 heteroatoms. The predicted molar refractivity (Wildman–Crippen MR) is 93.3 cm³/mol. The molecule has 2 unspecified atom stereocenters. The number of β-lactam (4-membered cyclic amide) rings is 1. The molecule has 4 nitrogen and oxygen atoms in total. The molecule has 132 valence electrons. The van der Waals surface area contributed by atoms with Crippen LogP contribution in [0.5, 0.6) is 0 Å². The molecular formula is C19H20FNO3S. The van der Waals surface area contributed by atoms with Crippen LogP contribution in [-0.4, -0.2) is 30.5 Å². The third-order valence-electron chi connectivity index (χ3n) is 4.94. The lowest BCUT2D eigenvalue weighted by molar-refractivity contribution is -0.151. The number of amides is 1. The van der Waals surface area contributed by atoms with E-state index < -0.39 is 37.2 Å². The van der Waals surface area contributed by atoms with E-state index in [9.17, 15) is 17.6 Å². The van der Waals surface area contributed by atoms with Gasteiger partial charge in [0.15, 0.2) is 14.6 Å². The molecule has 2 aromatic carbocycles. The minimum atomic E-state index is -4.20. The van der Waals surface area contributed by atoms with Gasteiger partial charge in [-0.25, -0.2) is 12.8 Å². The van der Waals surface area contributed by atoms with E-state index in [0.717, 1.165) is 17.2 Å². The first-order chi connectivity index (χ1) is 11.7. The van der Waals surface area contributed by atoms with Crippen molar-refractivity contribution in [1.29, 1.82) is 0 Å². The van der Waals surface area contributed by atoms with Crippen LogP contribution in [0.2, 0.25) is 0 Å². The third-order valence-corrected chi connectivity index (χ3v) is 7.36. The average Bonchev–Trinajstić information content (AvgIpc) is 2.59. The molecule has 2 atom stereocenters. The second kappa shape index (κ2) is 5.95. The van der Waals surface area contributed by atoms with Crippen molar-refractivity contribution in [2.75, 3.05) is 6.54 Å². The van der Waals surface area contributed by atoms with Crippen molar-refractivity contribution in [3.05, 3.63) is 65.5 Å². The molecular weight excluding hydrogens is 341 g/mol. The number of hydrogen-bond donors (Lipinski definition) is 0. The van der Waals surface area contributed by atoms with Crippen LogP contribution in [0.3, 0.4) is 0 Å². The monoisotopic (exact) mass is 361 g/mol. The van der Waals surface area contributed by atoms with Gasteiger partial charge in [0.25, 0.3) is 0 Å². The van der Waals surface area contributed by atoms with Crippen LogP contribution in [0.4, 0.5) is 4.39 Å². The van der Waals surface area contributed by atoms with Crippen molar-refractivity contribution in [2.45, 2.75) is 36.5 Å². The Bertz CT molecular complexity index is 924. The topological polar surface area (TPSA) is 54.5 Å². The highest BCUT2D eigenvalue weighted by Gasteiger charge is 2.66. The summed E-state index contributed by atoms with van der Waals surface area (Å²) in [5.41, 5.74) is 1.77. The molecule has 0 spiro atoms. The van der Waals surface area contributed by atoms with Gasteiger partial charge in [-0.2, -0.15) is 0 Å². The largest absolute Gasteiger partial charge is 0.332 e. The Morgan fingerprint density at radius 1 is 1.12 bits per heavy atom. The first kappa shape index (κ1) is 17.6. The van der Waals surface area contributed by atoms with Crippen LogP contribution in [0.1, 0.15) is 31.0 Å². The summed E-state index contributed by atoms with van der Waals surface area (Å²) < 4.78 is 38.8. The van der Waals surface area contributed by atoms with Gasteiger partial charge in [0, 0.05) is 6.54 Å². The molecule has 1 fully saturated rings. The zero-order valence-corrected chi connectivity index (χ0v) is 15.2. The molecule has 1 aliphatic heterocycles. The van der Waals surface area contributed by atoms with Gasteiger partial charge in [0.05, 0.1) is 6.04 Å². The summed E-state index contributed by atoms with van der Waals surface area (Å²) in [7, 11) is -4.20.